The second-order valence-electron chi connectivity index (χ2n) is 24.2. The SMILES string of the molecule is CCc1cccc2cc(O)cc(-c3ncc4c(N5CC6CCC(C5)N6)nc(OC[C@]56CCCN5[C@H](CN5CC(Oc7cc([C@H](C(=O)N8C[C@H](O)C[C@H]8C(=O)N[C@@H](C)c8ccc(-c9scnc9C)cc8)C(C)C)on7)C5)CC6)nc4c3F)c12. The molecule has 20 heteroatoms. The van der Waals surface area contributed by atoms with E-state index in [2.05, 4.69) is 42.4 Å². The summed E-state index contributed by atoms with van der Waals surface area (Å²) in [5.74, 6) is -0.799. The van der Waals surface area contributed by atoms with Crippen molar-refractivity contribution in [1.82, 2.24) is 50.4 Å². The van der Waals surface area contributed by atoms with E-state index in [1.54, 1.807) is 35.7 Å². The minimum Gasteiger partial charge on any atom is -0.508 e. The Bertz CT molecular complexity index is 3530. The molecule has 430 valence electrons. The van der Waals surface area contributed by atoms with Gasteiger partial charge in [-0.05, 0) is 116 Å². The van der Waals surface area contributed by atoms with Gasteiger partial charge in [0, 0.05) is 81.6 Å². The highest BCUT2D eigenvalue weighted by Gasteiger charge is 2.51. The van der Waals surface area contributed by atoms with E-state index in [1.807, 2.05) is 75.7 Å². The van der Waals surface area contributed by atoms with Crippen LogP contribution in [0.15, 0.2) is 76.9 Å². The van der Waals surface area contributed by atoms with Gasteiger partial charge in [-0.1, -0.05) is 63.2 Å². The standard InChI is InChI=1S/C62H72FN11O7S/c1-6-37-9-7-10-40-21-44(75)22-47(53(37)40)55-54(63)56-48(25-64-55)58(72-26-41-15-16-42(27-72)67-41)69-61(68-56)79-32-62-18-8-20-74(62)43(17-19-62)28-71-30-46(31-71)80-51-24-50(81-70-51)52(34(2)3)60(78)73-29-45(76)23-49(73)59(77)66-35(4)38-11-13-39(14-12-38)57-36(5)65-33-82-57/h7,9-14,21-22,24-25,33-35,41-43,45-46,49,52,67,75-76H,6,8,15-20,23,26-32H2,1-5H3,(H,66,77)/t35-,41?,42?,43-,45+,49-,52+,62+/m0/s1. The number of halogens is 1. The van der Waals surface area contributed by atoms with Crippen LogP contribution in [-0.2, 0) is 16.0 Å². The molecule has 6 aliphatic rings. The number of thiazole rings is 1. The van der Waals surface area contributed by atoms with E-state index in [9.17, 15) is 19.8 Å². The van der Waals surface area contributed by atoms with Crippen LogP contribution in [0.4, 0.5) is 10.2 Å². The first kappa shape index (κ1) is 54.4. The number of ether oxygens (including phenoxy) is 2. The molecular weight excluding hydrogens is 1060 g/mol. The summed E-state index contributed by atoms with van der Waals surface area (Å²) in [5, 5.41) is 34.9. The van der Waals surface area contributed by atoms with Crippen LogP contribution in [0.1, 0.15) is 107 Å². The Morgan fingerprint density at radius 1 is 0.988 bits per heavy atom. The highest BCUT2D eigenvalue weighted by Crippen LogP contribution is 2.45. The maximum absolute atomic E-state index is 17.4. The number of fused-ring (bicyclic) bond motifs is 5. The third kappa shape index (κ3) is 10.2. The van der Waals surface area contributed by atoms with E-state index in [1.165, 1.54) is 4.90 Å². The first-order valence-corrected chi connectivity index (χ1v) is 30.2. The van der Waals surface area contributed by atoms with Crippen molar-refractivity contribution in [2.75, 3.05) is 57.3 Å². The average Bonchev–Trinajstić information content (AvgIpc) is 3.73. The van der Waals surface area contributed by atoms with Crippen molar-refractivity contribution < 1.29 is 38.2 Å². The van der Waals surface area contributed by atoms with E-state index in [0.29, 0.717) is 66.2 Å². The van der Waals surface area contributed by atoms with Gasteiger partial charge in [-0.3, -0.25) is 24.4 Å². The fraction of sp³-hybridized carbons (Fsp3) is 0.500. The number of aliphatic hydroxyl groups is 1. The third-order valence-electron chi connectivity index (χ3n) is 18.4. The second-order valence-corrected chi connectivity index (χ2v) is 25.0. The number of benzene rings is 3. The lowest BCUT2D eigenvalue weighted by molar-refractivity contribution is -0.141. The van der Waals surface area contributed by atoms with Crippen molar-refractivity contribution in [2.45, 2.75) is 140 Å². The summed E-state index contributed by atoms with van der Waals surface area (Å²) >= 11 is 1.59. The zero-order valence-electron chi connectivity index (χ0n) is 47.2. The molecule has 0 radical (unpaired) electrons. The van der Waals surface area contributed by atoms with Gasteiger partial charge < -0.3 is 44.6 Å². The van der Waals surface area contributed by atoms with Crippen LogP contribution >= 0.6 is 11.3 Å². The Balaban J connectivity index is 0.649. The molecule has 6 fully saturated rings. The smallest absolute Gasteiger partial charge is 0.319 e. The first-order valence-electron chi connectivity index (χ1n) is 29.4. The number of β-amino-alcohol motifs (C(OH)–C–C–N with tert-alkyl or cyclic N) is 1. The van der Waals surface area contributed by atoms with Crippen LogP contribution in [0, 0.1) is 18.7 Å². The number of anilines is 1. The summed E-state index contributed by atoms with van der Waals surface area (Å²) in [4.78, 5) is 57.2. The lowest BCUT2D eigenvalue weighted by Gasteiger charge is -2.42. The molecule has 0 spiro atoms. The summed E-state index contributed by atoms with van der Waals surface area (Å²) in [6.07, 6.45) is 7.75. The third-order valence-corrected chi connectivity index (χ3v) is 19.4. The summed E-state index contributed by atoms with van der Waals surface area (Å²) in [6.45, 7) is 15.0. The molecule has 7 aromatic rings. The molecule has 13 rings (SSSR count). The van der Waals surface area contributed by atoms with E-state index in [4.69, 9.17) is 28.9 Å². The molecule has 8 atom stereocenters. The Kier molecular flexibility index (Phi) is 14.6. The van der Waals surface area contributed by atoms with Crippen molar-refractivity contribution >= 4 is 50.6 Å². The number of phenols is 1. The normalized spacial score (nSPS) is 24.6. The van der Waals surface area contributed by atoms with Crippen LogP contribution in [-0.4, -0.2) is 156 Å². The number of phenolic OH excluding ortho intramolecular Hbond substituents is 1. The second kappa shape index (κ2) is 22.1. The predicted molar refractivity (Wildman–Crippen MR) is 311 cm³/mol. The van der Waals surface area contributed by atoms with Gasteiger partial charge in [0.15, 0.2) is 11.6 Å². The molecule has 0 aliphatic carbocycles. The number of aliphatic hydroxyl groups excluding tert-OH is 1. The number of nitrogens with zero attached hydrogens (tertiary/aromatic N) is 9. The molecule has 18 nitrogen and oxygen atoms in total. The highest BCUT2D eigenvalue weighted by atomic mass is 32.1. The van der Waals surface area contributed by atoms with Crippen LogP contribution in [0.5, 0.6) is 17.6 Å². The number of nitrogens with one attached hydrogen (secondary N) is 2. The van der Waals surface area contributed by atoms with Gasteiger partial charge in [-0.2, -0.15) is 9.97 Å². The van der Waals surface area contributed by atoms with Crippen LogP contribution in [0.3, 0.4) is 0 Å². The molecule has 2 bridgehead atoms. The van der Waals surface area contributed by atoms with Crippen molar-refractivity contribution in [3.63, 3.8) is 0 Å². The van der Waals surface area contributed by atoms with E-state index in [-0.39, 0.29) is 71.4 Å². The maximum Gasteiger partial charge on any atom is 0.319 e. The lowest BCUT2D eigenvalue weighted by Crippen LogP contribution is -2.58. The number of hydrogen-bond acceptors (Lipinski definition) is 17. The van der Waals surface area contributed by atoms with Gasteiger partial charge in [0.05, 0.1) is 39.2 Å². The quantitative estimate of drug-likeness (QED) is 0.0676. The molecule has 4 N–H and O–H groups in total. The van der Waals surface area contributed by atoms with Crippen molar-refractivity contribution in [2.24, 2.45) is 5.92 Å². The molecule has 3 aromatic carbocycles. The summed E-state index contributed by atoms with van der Waals surface area (Å²) < 4.78 is 36.3. The van der Waals surface area contributed by atoms with Crippen LogP contribution in [0.25, 0.3) is 43.4 Å². The Labute approximate surface area is 480 Å². The molecule has 10 heterocycles. The first-order chi connectivity index (χ1) is 39.7. The number of aromatic hydroxyl groups is 1. The lowest BCUT2D eigenvalue weighted by atomic mass is 9.91. The number of hydrogen-bond donors (Lipinski definition) is 4. The van der Waals surface area contributed by atoms with Gasteiger partial charge in [-0.15, -0.1) is 11.3 Å². The molecule has 4 aromatic heterocycles. The van der Waals surface area contributed by atoms with E-state index < -0.39 is 23.9 Å². The summed E-state index contributed by atoms with van der Waals surface area (Å²) in [5.41, 5.74) is 6.43. The molecule has 2 unspecified atom stereocenters. The van der Waals surface area contributed by atoms with Gasteiger partial charge in [0.2, 0.25) is 11.8 Å². The maximum atomic E-state index is 17.4. The van der Waals surface area contributed by atoms with E-state index >= 15 is 4.39 Å². The average molecular weight is 1130 g/mol. The molecule has 0 saturated carbocycles. The monoisotopic (exact) mass is 1130 g/mol. The van der Waals surface area contributed by atoms with Gasteiger partial charge in [0.25, 0.3) is 5.88 Å². The molecule has 2 amide bonds. The number of amides is 2. The van der Waals surface area contributed by atoms with Gasteiger partial charge >= 0.3 is 6.01 Å². The topological polar surface area (TPSA) is 208 Å². The zero-order valence-corrected chi connectivity index (χ0v) is 48.0. The van der Waals surface area contributed by atoms with Gasteiger partial charge in [-0.25, -0.2) is 9.37 Å². The highest BCUT2D eigenvalue weighted by molar-refractivity contribution is 7.13. The molecular formula is C62H72FN11O7S. The van der Waals surface area contributed by atoms with Crippen LogP contribution < -0.4 is 25.0 Å². The fourth-order valence-electron chi connectivity index (χ4n) is 14.3. The summed E-state index contributed by atoms with van der Waals surface area (Å²) in [6, 6.07) is 18.9. The summed E-state index contributed by atoms with van der Waals surface area (Å²) in [7, 11) is 0. The van der Waals surface area contributed by atoms with Crippen molar-refractivity contribution in [3.8, 4) is 39.3 Å². The van der Waals surface area contributed by atoms with Crippen molar-refractivity contribution in [3.05, 3.63) is 101 Å². The number of carbonyl (C=O) groups is 2. The number of pyridine rings is 1. The predicted octanol–water partition coefficient (Wildman–Crippen LogP) is 8.33. The number of likely N-dealkylation sites (tertiary alicyclic amines) is 2. The largest absolute Gasteiger partial charge is 0.508 e. The number of aryl methyl sites for hydroxylation is 2. The minimum atomic E-state index is -0.847. The molecule has 82 heavy (non-hydrogen) atoms. The molecule has 6 aliphatic heterocycles. The number of piperazine rings is 1. The van der Waals surface area contributed by atoms with Crippen molar-refractivity contribution in [1.29, 1.82) is 0 Å². The zero-order chi connectivity index (χ0) is 56.6. The van der Waals surface area contributed by atoms with E-state index in [0.717, 1.165) is 109 Å². The number of carbonyl (C=O) groups excluding carboxylic acids is 2. The Morgan fingerprint density at radius 2 is 1.79 bits per heavy atom. The fourth-order valence-corrected chi connectivity index (χ4v) is 15.1. The Hall–Kier alpha value is -6.84. The number of aromatic nitrogens is 5. The van der Waals surface area contributed by atoms with Crippen LogP contribution in [0.2, 0.25) is 0 Å². The minimum absolute atomic E-state index is 0.0397. The number of rotatable bonds is 17. The molecule has 6 saturated heterocycles. The van der Waals surface area contributed by atoms with Gasteiger partial charge in [0.1, 0.15) is 47.4 Å². The Morgan fingerprint density at radius 3 is 2.55 bits per heavy atom.